The van der Waals surface area contributed by atoms with Gasteiger partial charge in [0, 0.05) is 13.1 Å². The standard InChI is InChI=1S/C16H26N2O4/c19-3-1-17-13(21)15-6-11-5-12(7-15)9-16(8-11,10-15)14(22)18-2-4-20/h11-12,19-20H,1-10H2,(H,17,21)(H,18,22). The van der Waals surface area contributed by atoms with Crippen LogP contribution in [0.4, 0.5) is 0 Å². The van der Waals surface area contributed by atoms with Gasteiger partial charge in [-0.15, -0.1) is 0 Å². The molecule has 0 aromatic carbocycles. The Kier molecular flexibility index (Phi) is 4.16. The first kappa shape index (κ1) is 15.7. The molecular weight excluding hydrogens is 284 g/mol. The Morgan fingerprint density at radius 1 is 0.864 bits per heavy atom. The number of hydrogen-bond acceptors (Lipinski definition) is 4. The first-order chi connectivity index (χ1) is 10.5. The van der Waals surface area contributed by atoms with Crippen LogP contribution in [0, 0.1) is 22.7 Å². The fraction of sp³-hybridized carbons (Fsp3) is 0.875. The van der Waals surface area contributed by atoms with Crippen molar-refractivity contribution in [2.24, 2.45) is 22.7 Å². The second-order valence-electron chi connectivity index (χ2n) is 7.48. The monoisotopic (exact) mass is 310 g/mol. The van der Waals surface area contributed by atoms with Crippen molar-refractivity contribution in [2.45, 2.75) is 38.5 Å². The Hall–Kier alpha value is -1.14. The average Bonchev–Trinajstić information content (AvgIpc) is 2.48. The van der Waals surface area contributed by atoms with Crippen molar-refractivity contribution in [3.63, 3.8) is 0 Å². The van der Waals surface area contributed by atoms with Crippen molar-refractivity contribution >= 4 is 11.8 Å². The van der Waals surface area contributed by atoms with Crippen LogP contribution >= 0.6 is 0 Å². The number of rotatable bonds is 6. The molecule has 2 amide bonds. The van der Waals surface area contributed by atoms with Gasteiger partial charge in [0.05, 0.1) is 24.0 Å². The maximum absolute atomic E-state index is 12.6. The molecule has 4 bridgehead atoms. The minimum atomic E-state index is -0.435. The van der Waals surface area contributed by atoms with Crippen LogP contribution < -0.4 is 10.6 Å². The number of hydrogen-bond donors (Lipinski definition) is 4. The molecule has 0 aliphatic heterocycles. The van der Waals surface area contributed by atoms with Crippen molar-refractivity contribution in [3.05, 3.63) is 0 Å². The molecule has 0 atom stereocenters. The third-order valence-corrected chi connectivity index (χ3v) is 5.82. The lowest BCUT2D eigenvalue weighted by molar-refractivity contribution is -0.167. The maximum Gasteiger partial charge on any atom is 0.226 e. The Morgan fingerprint density at radius 2 is 1.27 bits per heavy atom. The topological polar surface area (TPSA) is 98.7 Å². The van der Waals surface area contributed by atoms with Gasteiger partial charge >= 0.3 is 0 Å². The van der Waals surface area contributed by atoms with Crippen LogP contribution in [0.15, 0.2) is 0 Å². The van der Waals surface area contributed by atoms with E-state index in [1.54, 1.807) is 0 Å². The summed E-state index contributed by atoms with van der Waals surface area (Å²) in [5, 5.41) is 23.5. The third-order valence-electron chi connectivity index (χ3n) is 5.82. The molecule has 0 unspecified atom stereocenters. The van der Waals surface area contributed by atoms with Gasteiger partial charge in [0.2, 0.25) is 11.8 Å². The van der Waals surface area contributed by atoms with Gasteiger partial charge in [-0.05, 0) is 50.4 Å². The summed E-state index contributed by atoms with van der Waals surface area (Å²) in [6, 6.07) is 0. The highest BCUT2D eigenvalue weighted by atomic mass is 16.3. The molecule has 4 N–H and O–H groups in total. The molecule has 6 nitrogen and oxygen atoms in total. The van der Waals surface area contributed by atoms with Crippen molar-refractivity contribution in [2.75, 3.05) is 26.3 Å². The molecule has 4 aliphatic rings. The van der Waals surface area contributed by atoms with Crippen molar-refractivity contribution < 1.29 is 19.8 Å². The molecule has 4 saturated carbocycles. The van der Waals surface area contributed by atoms with Crippen LogP contribution in [0.1, 0.15) is 38.5 Å². The van der Waals surface area contributed by atoms with E-state index in [9.17, 15) is 9.59 Å². The largest absolute Gasteiger partial charge is 0.395 e. The number of amides is 2. The van der Waals surface area contributed by atoms with Gasteiger partial charge in [0.1, 0.15) is 0 Å². The summed E-state index contributed by atoms with van der Waals surface area (Å²) >= 11 is 0. The smallest absolute Gasteiger partial charge is 0.226 e. The highest BCUT2D eigenvalue weighted by molar-refractivity contribution is 5.88. The first-order valence-electron chi connectivity index (χ1n) is 8.32. The van der Waals surface area contributed by atoms with E-state index < -0.39 is 10.8 Å². The zero-order valence-corrected chi connectivity index (χ0v) is 12.9. The van der Waals surface area contributed by atoms with E-state index in [0.717, 1.165) is 32.1 Å². The van der Waals surface area contributed by atoms with E-state index in [0.29, 0.717) is 18.3 Å². The van der Waals surface area contributed by atoms with Gasteiger partial charge in [-0.2, -0.15) is 0 Å². The highest BCUT2D eigenvalue weighted by Crippen LogP contribution is 2.65. The minimum Gasteiger partial charge on any atom is -0.395 e. The maximum atomic E-state index is 12.6. The fourth-order valence-corrected chi connectivity index (χ4v) is 5.51. The number of aliphatic hydroxyl groups is 2. The molecule has 4 fully saturated rings. The molecule has 4 aliphatic carbocycles. The van der Waals surface area contributed by atoms with Gasteiger partial charge < -0.3 is 20.8 Å². The molecule has 0 heterocycles. The van der Waals surface area contributed by atoms with E-state index in [4.69, 9.17) is 10.2 Å². The van der Waals surface area contributed by atoms with Crippen LogP contribution in [-0.4, -0.2) is 48.3 Å². The zero-order chi connectivity index (χ0) is 15.8. The van der Waals surface area contributed by atoms with Gasteiger partial charge in [0.25, 0.3) is 0 Å². The first-order valence-corrected chi connectivity index (χ1v) is 8.32. The van der Waals surface area contributed by atoms with Gasteiger partial charge in [-0.1, -0.05) is 0 Å². The van der Waals surface area contributed by atoms with Crippen LogP contribution in [0.2, 0.25) is 0 Å². The summed E-state index contributed by atoms with van der Waals surface area (Å²) in [7, 11) is 0. The lowest BCUT2D eigenvalue weighted by Gasteiger charge is -2.60. The van der Waals surface area contributed by atoms with Crippen LogP contribution in [-0.2, 0) is 9.59 Å². The van der Waals surface area contributed by atoms with Crippen LogP contribution in [0.25, 0.3) is 0 Å². The molecule has 22 heavy (non-hydrogen) atoms. The van der Waals surface area contributed by atoms with Crippen molar-refractivity contribution in [1.29, 1.82) is 0 Å². The van der Waals surface area contributed by atoms with E-state index in [-0.39, 0.29) is 38.1 Å². The molecule has 0 spiro atoms. The van der Waals surface area contributed by atoms with E-state index in [1.807, 2.05) is 0 Å². The summed E-state index contributed by atoms with van der Waals surface area (Å²) in [4.78, 5) is 25.3. The number of carbonyl (C=O) groups excluding carboxylic acids is 2. The predicted octanol–water partition coefficient (Wildman–Crippen LogP) is -0.210. The summed E-state index contributed by atoms with van der Waals surface area (Å²) < 4.78 is 0. The predicted molar refractivity (Wildman–Crippen MR) is 79.7 cm³/mol. The van der Waals surface area contributed by atoms with E-state index in [2.05, 4.69) is 10.6 Å². The normalized spacial score (nSPS) is 38.8. The lowest BCUT2D eigenvalue weighted by Crippen LogP contribution is -2.61. The Balaban J connectivity index is 1.80. The fourth-order valence-electron chi connectivity index (χ4n) is 5.51. The summed E-state index contributed by atoms with van der Waals surface area (Å²) in [6.07, 6.45) is 5.22. The summed E-state index contributed by atoms with van der Waals surface area (Å²) in [5.41, 5.74) is -0.869. The van der Waals surface area contributed by atoms with Crippen molar-refractivity contribution in [1.82, 2.24) is 10.6 Å². The molecule has 0 aromatic heterocycles. The highest BCUT2D eigenvalue weighted by Gasteiger charge is 2.62. The zero-order valence-electron chi connectivity index (χ0n) is 12.9. The minimum absolute atomic E-state index is 0.00924. The number of nitrogens with one attached hydrogen (secondary N) is 2. The van der Waals surface area contributed by atoms with Gasteiger partial charge in [-0.25, -0.2) is 0 Å². The van der Waals surface area contributed by atoms with E-state index >= 15 is 0 Å². The Labute approximate surface area is 130 Å². The third kappa shape index (κ3) is 2.52. The second kappa shape index (κ2) is 5.81. The molecule has 4 rings (SSSR count). The lowest BCUT2D eigenvalue weighted by atomic mass is 9.43. The summed E-state index contributed by atoms with van der Waals surface area (Å²) in [5.74, 6) is 0.909. The molecule has 6 heteroatoms. The second-order valence-corrected chi connectivity index (χ2v) is 7.48. The van der Waals surface area contributed by atoms with E-state index in [1.165, 1.54) is 0 Å². The molecule has 0 aromatic rings. The SMILES string of the molecule is O=C(NCCO)C12CC3CC(C1)CC(C(=O)NCCO)(C3)C2. The molecule has 0 saturated heterocycles. The molecular formula is C16H26N2O4. The molecule has 0 radical (unpaired) electrons. The quantitative estimate of drug-likeness (QED) is 0.545. The van der Waals surface area contributed by atoms with Crippen molar-refractivity contribution in [3.8, 4) is 0 Å². The van der Waals surface area contributed by atoms with Crippen LogP contribution in [0.3, 0.4) is 0 Å². The summed E-state index contributed by atoms with van der Waals surface area (Å²) in [6.45, 7) is 0.437. The molecule has 124 valence electrons. The Bertz CT molecular complexity index is 413. The number of aliphatic hydroxyl groups excluding tert-OH is 2. The number of carbonyl (C=O) groups is 2. The Morgan fingerprint density at radius 3 is 1.64 bits per heavy atom. The van der Waals surface area contributed by atoms with Gasteiger partial charge in [-0.3, -0.25) is 9.59 Å². The van der Waals surface area contributed by atoms with Gasteiger partial charge in [0.15, 0.2) is 0 Å². The average molecular weight is 310 g/mol. The van der Waals surface area contributed by atoms with Crippen LogP contribution in [0.5, 0.6) is 0 Å².